The molecule has 0 heterocycles. The van der Waals surface area contributed by atoms with Crippen molar-refractivity contribution in [2.24, 2.45) is 5.92 Å². The van der Waals surface area contributed by atoms with Crippen molar-refractivity contribution in [1.82, 2.24) is 0 Å². The molecule has 11 heavy (non-hydrogen) atoms. The molecule has 0 aromatic carbocycles. The van der Waals surface area contributed by atoms with Crippen LogP contribution in [0.4, 0.5) is 0 Å². The summed E-state index contributed by atoms with van der Waals surface area (Å²) in [6, 6.07) is 0. The molecule has 1 aliphatic rings. The van der Waals surface area contributed by atoms with Gasteiger partial charge in [-0.1, -0.05) is 31.4 Å². The van der Waals surface area contributed by atoms with Gasteiger partial charge in [0.05, 0.1) is 6.10 Å². The Hall–Kier alpha value is -0.300. The molecule has 1 fully saturated rings. The number of hydrogen-bond donors (Lipinski definition) is 1. The molecule has 1 N–H and O–H groups in total. The Morgan fingerprint density at radius 2 is 1.91 bits per heavy atom. The Balaban J connectivity index is 2.23. The highest BCUT2D eigenvalue weighted by Gasteiger charge is 2.09. The lowest BCUT2D eigenvalue weighted by molar-refractivity contribution is 0.242. The van der Waals surface area contributed by atoms with E-state index >= 15 is 0 Å². The van der Waals surface area contributed by atoms with Gasteiger partial charge in [0.2, 0.25) is 0 Å². The summed E-state index contributed by atoms with van der Waals surface area (Å²) in [5.74, 6) is 0.748. The van der Waals surface area contributed by atoms with E-state index in [2.05, 4.69) is 6.08 Å². The van der Waals surface area contributed by atoms with Gasteiger partial charge in [0, 0.05) is 0 Å². The van der Waals surface area contributed by atoms with Gasteiger partial charge in [0.25, 0.3) is 0 Å². The first-order chi connectivity index (χ1) is 5.29. The minimum atomic E-state index is -0.267. The molecule has 0 amide bonds. The Kier molecular flexibility index (Phi) is 3.64. The average molecular weight is 154 g/mol. The molecule has 0 aromatic rings. The van der Waals surface area contributed by atoms with Crippen LogP contribution in [0.3, 0.4) is 0 Å². The fourth-order valence-electron chi connectivity index (χ4n) is 1.64. The second-order valence-corrected chi connectivity index (χ2v) is 3.52. The minimum absolute atomic E-state index is 0.267. The second-order valence-electron chi connectivity index (χ2n) is 3.52. The van der Waals surface area contributed by atoms with Crippen LogP contribution in [0.2, 0.25) is 0 Å². The van der Waals surface area contributed by atoms with Gasteiger partial charge in [0.1, 0.15) is 0 Å². The van der Waals surface area contributed by atoms with E-state index in [0.717, 1.165) is 5.92 Å². The number of allylic oxidation sites excluding steroid dienone is 1. The summed E-state index contributed by atoms with van der Waals surface area (Å²) in [6.07, 6.45) is 10.6. The van der Waals surface area contributed by atoms with E-state index < -0.39 is 0 Å². The van der Waals surface area contributed by atoms with Crippen LogP contribution in [0, 0.1) is 5.92 Å². The number of hydrogen-bond acceptors (Lipinski definition) is 1. The van der Waals surface area contributed by atoms with Gasteiger partial charge in [-0.15, -0.1) is 0 Å². The molecule has 0 bridgehead atoms. The zero-order valence-electron chi connectivity index (χ0n) is 7.29. The molecular weight excluding hydrogens is 136 g/mol. The maximum Gasteiger partial charge on any atom is 0.0692 e. The van der Waals surface area contributed by atoms with Crippen LogP contribution in [-0.2, 0) is 0 Å². The third-order valence-electron chi connectivity index (χ3n) is 2.31. The molecule has 1 heteroatoms. The van der Waals surface area contributed by atoms with Gasteiger partial charge < -0.3 is 5.11 Å². The van der Waals surface area contributed by atoms with Crippen LogP contribution in [0.15, 0.2) is 12.2 Å². The fraction of sp³-hybridized carbons (Fsp3) is 0.800. The van der Waals surface area contributed by atoms with Crippen LogP contribution >= 0.6 is 0 Å². The van der Waals surface area contributed by atoms with Crippen molar-refractivity contribution in [3.8, 4) is 0 Å². The Morgan fingerprint density at radius 3 is 2.45 bits per heavy atom. The average Bonchev–Trinajstić information content (AvgIpc) is 2.03. The van der Waals surface area contributed by atoms with Crippen molar-refractivity contribution in [1.29, 1.82) is 0 Å². The van der Waals surface area contributed by atoms with Crippen molar-refractivity contribution in [3.05, 3.63) is 12.2 Å². The van der Waals surface area contributed by atoms with Crippen molar-refractivity contribution in [2.75, 3.05) is 0 Å². The molecule has 1 atom stereocenters. The van der Waals surface area contributed by atoms with E-state index in [1.54, 1.807) is 6.92 Å². The number of aliphatic hydroxyl groups is 1. The number of rotatable bonds is 2. The summed E-state index contributed by atoms with van der Waals surface area (Å²) in [5.41, 5.74) is 0. The van der Waals surface area contributed by atoms with E-state index in [9.17, 15) is 0 Å². The predicted octanol–water partition coefficient (Wildman–Crippen LogP) is 2.50. The fourth-order valence-corrected chi connectivity index (χ4v) is 1.64. The van der Waals surface area contributed by atoms with Gasteiger partial charge in [-0.2, -0.15) is 0 Å². The Bertz CT molecular complexity index is 121. The first-order valence-corrected chi connectivity index (χ1v) is 4.65. The molecule has 64 valence electrons. The van der Waals surface area contributed by atoms with E-state index in [4.69, 9.17) is 5.11 Å². The molecule has 0 radical (unpaired) electrons. The van der Waals surface area contributed by atoms with E-state index in [1.807, 2.05) is 6.08 Å². The van der Waals surface area contributed by atoms with Crippen LogP contribution in [0.25, 0.3) is 0 Å². The molecule has 1 saturated carbocycles. The molecule has 0 spiro atoms. The topological polar surface area (TPSA) is 20.2 Å². The zero-order valence-corrected chi connectivity index (χ0v) is 7.29. The van der Waals surface area contributed by atoms with E-state index in [-0.39, 0.29) is 6.10 Å². The lowest BCUT2D eigenvalue weighted by Crippen LogP contribution is -2.04. The van der Waals surface area contributed by atoms with Gasteiger partial charge in [-0.3, -0.25) is 0 Å². The van der Waals surface area contributed by atoms with E-state index in [1.165, 1.54) is 32.1 Å². The lowest BCUT2D eigenvalue weighted by Gasteiger charge is -2.17. The monoisotopic (exact) mass is 154 g/mol. The lowest BCUT2D eigenvalue weighted by atomic mass is 9.89. The number of aliphatic hydroxyl groups excluding tert-OH is 1. The van der Waals surface area contributed by atoms with Crippen molar-refractivity contribution >= 4 is 0 Å². The molecule has 0 saturated heterocycles. The third-order valence-corrected chi connectivity index (χ3v) is 2.31. The highest BCUT2D eigenvalue weighted by molar-refractivity contribution is 4.92. The molecule has 1 nitrogen and oxygen atoms in total. The van der Waals surface area contributed by atoms with Gasteiger partial charge in [-0.25, -0.2) is 0 Å². The maximum atomic E-state index is 9.00. The molecule has 1 rings (SSSR count). The summed E-state index contributed by atoms with van der Waals surface area (Å²) in [4.78, 5) is 0. The second kappa shape index (κ2) is 4.55. The first kappa shape index (κ1) is 8.79. The smallest absolute Gasteiger partial charge is 0.0692 e. The van der Waals surface area contributed by atoms with Crippen LogP contribution < -0.4 is 0 Å². The van der Waals surface area contributed by atoms with Crippen LogP contribution in [-0.4, -0.2) is 11.2 Å². The molecule has 0 aliphatic heterocycles. The zero-order chi connectivity index (χ0) is 8.10. The van der Waals surface area contributed by atoms with Crippen LogP contribution in [0.1, 0.15) is 39.0 Å². The molecular formula is C10H18O. The van der Waals surface area contributed by atoms with Gasteiger partial charge in [0.15, 0.2) is 0 Å². The molecule has 0 unspecified atom stereocenters. The Morgan fingerprint density at radius 1 is 1.27 bits per heavy atom. The highest BCUT2D eigenvalue weighted by Crippen LogP contribution is 2.24. The maximum absolute atomic E-state index is 9.00. The Labute approximate surface area is 69.1 Å². The highest BCUT2D eigenvalue weighted by atomic mass is 16.3. The summed E-state index contributed by atoms with van der Waals surface area (Å²) in [7, 11) is 0. The minimum Gasteiger partial charge on any atom is -0.389 e. The standard InChI is InChI=1S/C10H18O/c1-9(11)7-8-10-5-3-2-4-6-10/h7-11H,2-6H2,1H3/b8-7-/t9-/m0/s1. The summed E-state index contributed by atoms with van der Waals surface area (Å²) in [6.45, 7) is 1.80. The predicted molar refractivity (Wildman–Crippen MR) is 47.4 cm³/mol. The normalized spacial score (nSPS) is 24.2. The van der Waals surface area contributed by atoms with E-state index in [0.29, 0.717) is 0 Å². The molecule has 0 aromatic heterocycles. The van der Waals surface area contributed by atoms with Gasteiger partial charge in [-0.05, 0) is 25.7 Å². The van der Waals surface area contributed by atoms with Crippen molar-refractivity contribution in [3.63, 3.8) is 0 Å². The van der Waals surface area contributed by atoms with Crippen molar-refractivity contribution < 1.29 is 5.11 Å². The van der Waals surface area contributed by atoms with Crippen molar-refractivity contribution in [2.45, 2.75) is 45.1 Å². The SMILES string of the molecule is C[C@H](O)/C=C\C1CCCCC1. The molecule has 1 aliphatic carbocycles. The summed E-state index contributed by atoms with van der Waals surface area (Å²) in [5, 5.41) is 9.00. The van der Waals surface area contributed by atoms with Gasteiger partial charge >= 0.3 is 0 Å². The van der Waals surface area contributed by atoms with Crippen LogP contribution in [0.5, 0.6) is 0 Å². The summed E-state index contributed by atoms with van der Waals surface area (Å²) >= 11 is 0. The largest absolute Gasteiger partial charge is 0.389 e. The first-order valence-electron chi connectivity index (χ1n) is 4.65. The third kappa shape index (κ3) is 3.57. The quantitative estimate of drug-likeness (QED) is 0.606. The summed E-state index contributed by atoms with van der Waals surface area (Å²) < 4.78 is 0.